The Morgan fingerprint density at radius 1 is 0.962 bits per heavy atom. The first-order valence-corrected chi connectivity index (χ1v) is 10.4. The minimum absolute atomic E-state index is 0.378. The lowest BCUT2D eigenvalue weighted by atomic mass is 9.72. The van der Waals surface area contributed by atoms with Crippen LogP contribution in [0, 0.1) is 11.3 Å². The maximum atomic E-state index is 6.32. The van der Waals surface area contributed by atoms with E-state index in [1.165, 1.54) is 48.4 Å². The molecule has 2 aromatic rings. The molecule has 0 aliphatic heterocycles. The lowest BCUT2D eigenvalue weighted by Gasteiger charge is -2.37. The Morgan fingerprint density at radius 2 is 1.65 bits per heavy atom. The van der Waals surface area contributed by atoms with E-state index in [-0.39, 0.29) is 0 Å². The van der Waals surface area contributed by atoms with Crippen LogP contribution in [0.1, 0.15) is 65.4 Å². The Morgan fingerprint density at radius 3 is 2.35 bits per heavy atom. The fraction of sp³-hybridized carbons (Fsp3) is 0.583. The van der Waals surface area contributed by atoms with E-state index in [9.17, 15) is 0 Å². The number of nitrogens with one attached hydrogen (secondary N) is 1. The molecule has 0 aromatic heterocycles. The molecule has 0 spiro atoms. The Balaban J connectivity index is 1.60. The van der Waals surface area contributed by atoms with Gasteiger partial charge in [-0.1, -0.05) is 45.9 Å². The van der Waals surface area contributed by atoms with E-state index in [0.29, 0.717) is 11.5 Å². The Kier molecular flexibility index (Phi) is 6.24. The summed E-state index contributed by atoms with van der Waals surface area (Å²) in [6.07, 6.45) is 6.49. The molecule has 0 bridgehead atoms. The van der Waals surface area contributed by atoms with Gasteiger partial charge in [-0.05, 0) is 84.5 Å². The molecule has 1 aliphatic carbocycles. The number of rotatable bonds is 6. The van der Waals surface area contributed by atoms with Crippen molar-refractivity contribution in [1.29, 1.82) is 0 Å². The van der Waals surface area contributed by atoms with Gasteiger partial charge in [0.25, 0.3) is 0 Å². The van der Waals surface area contributed by atoms with Gasteiger partial charge in [-0.15, -0.1) is 0 Å². The molecule has 2 nitrogen and oxygen atoms in total. The fourth-order valence-electron chi connectivity index (χ4n) is 4.11. The highest BCUT2D eigenvalue weighted by Gasteiger charge is 2.30. The minimum atomic E-state index is 0.378. The van der Waals surface area contributed by atoms with Gasteiger partial charge in [-0.3, -0.25) is 0 Å². The summed E-state index contributed by atoms with van der Waals surface area (Å²) in [6.45, 7) is 11.3. The molecule has 2 aromatic carbocycles. The topological polar surface area (TPSA) is 21.3 Å². The summed E-state index contributed by atoms with van der Waals surface area (Å²) in [5.41, 5.74) is 1.78. The molecule has 0 unspecified atom stereocenters. The second-order valence-electron chi connectivity index (χ2n) is 8.98. The summed E-state index contributed by atoms with van der Waals surface area (Å²) in [6, 6.07) is 13.3. The number of ether oxygens (including phenoxy) is 1. The molecular weight excluding hydrogens is 318 g/mol. The zero-order valence-electron chi connectivity index (χ0n) is 17.0. The molecule has 0 atom stereocenters. The lowest BCUT2D eigenvalue weighted by Crippen LogP contribution is -2.30. The SMILES string of the molecule is CCCNCc1ccc2cc(OC3CCC(C(C)(C)C)CC3)ccc2c1. The summed E-state index contributed by atoms with van der Waals surface area (Å²) in [5, 5.41) is 6.04. The van der Waals surface area contributed by atoms with Crippen LogP contribution in [0.25, 0.3) is 10.8 Å². The van der Waals surface area contributed by atoms with Crippen molar-refractivity contribution >= 4 is 10.8 Å². The molecular formula is C24H35NO. The normalized spacial score (nSPS) is 21.1. The molecule has 2 heteroatoms. The van der Waals surface area contributed by atoms with Crippen LogP contribution in [-0.4, -0.2) is 12.6 Å². The third-order valence-corrected chi connectivity index (χ3v) is 5.83. The molecule has 1 fully saturated rings. The Hall–Kier alpha value is -1.54. The Bertz CT molecular complexity index is 708. The van der Waals surface area contributed by atoms with E-state index >= 15 is 0 Å². The maximum absolute atomic E-state index is 6.32. The average molecular weight is 354 g/mol. The van der Waals surface area contributed by atoms with E-state index < -0.39 is 0 Å². The first-order chi connectivity index (χ1) is 12.5. The summed E-state index contributed by atoms with van der Waals surface area (Å²) in [7, 11) is 0. The smallest absolute Gasteiger partial charge is 0.120 e. The van der Waals surface area contributed by atoms with Crippen molar-refractivity contribution in [2.75, 3.05) is 6.54 Å². The van der Waals surface area contributed by atoms with Crippen LogP contribution in [0.4, 0.5) is 0 Å². The molecule has 0 saturated heterocycles. The van der Waals surface area contributed by atoms with Crippen LogP contribution >= 0.6 is 0 Å². The van der Waals surface area contributed by atoms with Crippen molar-refractivity contribution in [3.63, 3.8) is 0 Å². The number of hydrogen-bond donors (Lipinski definition) is 1. The fourth-order valence-corrected chi connectivity index (χ4v) is 4.11. The molecule has 0 amide bonds. The Labute approximate surface area is 159 Å². The van der Waals surface area contributed by atoms with Crippen molar-refractivity contribution in [2.24, 2.45) is 11.3 Å². The zero-order valence-corrected chi connectivity index (χ0v) is 17.0. The van der Waals surface area contributed by atoms with Crippen LogP contribution in [-0.2, 0) is 6.54 Å². The molecule has 1 aliphatic rings. The predicted molar refractivity (Wildman–Crippen MR) is 112 cm³/mol. The third kappa shape index (κ3) is 5.01. The van der Waals surface area contributed by atoms with Crippen molar-refractivity contribution in [2.45, 2.75) is 72.4 Å². The van der Waals surface area contributed by atoms with Crippen molar-refractivity contribution in [1.82, 2.24) is 5.32 Å². The second-order valence-corrected chi connectivity index (χ2v) is 8.98. The summed E-state index contributed by atoms with van der Waals surface area (Å²) >= 11 is 0. The van der Waals surface area contributed by atoms with E-state index in [1.54, 1.807) is 0 Å². The minimum Gasteiger partial charge on any atom is -0.490 e. The lowest BCUT2D eigenvalue weighted by molar-refractivity contribution is 0.0883. The van der Waals surface area contributed by atoms with Crippen LogP contribution in [0.2, 0.25) is 0 Å². The van der Waals surface area contributed by atoms with Gasteiger partial charge in [0.05, 0.1) is 6.10 Å². The van der Waals surface area contributed by atoms with E-state index in [4.69, 9.17) is 4.74 Å². The number of hydrogen-bond acceptors (Lipinski definition) is 2. The van der Waals surface area contributed by atoms with Gasteiger partial charge in [0.15, 0.2) is 0 Å². The first kappa shape index (κ1) is 19.2. The highest BCUT2D eigenvalue weighted by molar-refractivity contribution is 5.84. The summed E-state index contributed by atoms with van der Waals surface area (Å²) < 4.78 is 6.32. The molecule has 142 valence electrons. The predicted octanol–water partition coefficient (Wildman–Crippen LogP) is 6.32. The van der Waals surface area contributed by atoms with Crippen molar-refractivity contribution in [3.8, 4) is 5.75 Å². The molecule has 26 heavy (non-hydrogen) atoms. The van der Waals surface area contributed by atoms with Crippen LogP contribution in [0.5, 0.6) is 5.75 Å². The van der Waals surface area contributed by atoms with Gasteiger partial charge in [-0.2, -0.15) is 0 Å². The van der Waals surface area contributed by atoms with E-state index in [2.05, 4.69) is 69.4 Å². The van der Waals surface area contributed by atoms with E-state index in [1.807, 2.05) is 0 Å². The van der Waals surface area contributed by atoms with Crippen LogP contribution < -0.4 is 10.1 Å². The molecule has 3 rings (SSSR count). The van der Waals surface area contributed by atoms with Crippen molar-refractivity contribution < 1.29 is 4.74 Å². The monoisotopic (exact) mass is 353 g/mol. The van der Waals surface area contributed by atoms with Crippen LogP contribution in [0.3, 0.4) is 0 Å². The summed E-state index contributed by atoms with van der Waals surface area (Å²) in [5.74, 6) is 1.85. The first-order valence-electron chi connectivity index (χ1n) is 10.4. The molecule has 1 N–H and O–H groups in total. The highest BCUT2D eigenvalue weighted by Crippen LogP contribution is 2.39. The van der Waals surface area contributed by atoms with Gasteiger partial charge in [-0.25, -0.2) is 0 Å². The second kappa shape index (κ2) is 8.43. The number of fused-ring (bicyclic) bond motifs is 1. The van der Waals surface area contributed by atoms with Crippen LogP contribution in [0.15, 0.2) is 36.4 Å². The highest BCUT2D eigenvalue weighted by atomic mass is 16.5. The molecule has 0 radical (unpaired) electrons. The zero-order chi connectivity index (χ0) is 18.6. The van der Waals surface area contributed by atoms with Gasteiger partial charge in [0.1, 0.15) is 5.75 Å². The maximum Gasteiger partial charge on any atom is 0.120 e. The van der Waals surface area contributed by atoms with Gasteiger partial charge in [0.2, 0.25) is 0 Å². The quantitative estimate of drug-likeness (QED) is 0.613. The summed E-state index contributed by atoms with van der Waals surface area (Å²) in [4.78, 5) is 0. The standard InChI is InChI=1S/C24H35NO/c1-5-14-25-17-18-6-7-20-16-23(11-8-19(20)15-18)26-22-12-9-21(10-13-22)24(2,3)4/h6-8,11,15-16,21-22,25H,5,9-10,12-14,17H2,1-4H3. The largest absolute Gasteiger partial charge is 0.490 e. The van der Waals surface area contributed by atoms with Gasteiger partial charge in [0, 0.05) is 6.54 Å². The number of benzene rings is 2. The molecule has 0 heterocycles. The van der Waals surface area contributed by atoms with E-state index in [0.717, 1.165) is 24.8 Å². The third-order valence-electron chi connectivity index (χ3n) is 5.83. The van der Waals surface area contributed by atoms with Gasteiger partial charge < -0.3 is 10.1 Å². The average Bonchev–Trinajstić information content (AvgIpc) is 2.62. The van der Waals surface area contributed by atoms with Crippen molar-refractivity contribution in [3.05, 3.63) is 42.0 Å². The van der Waals surface area contributed by atoms with Gasteiger partial charge >= 0.3 is 0 Å². The molecule has 1 saturated carbocycles.